The highest BCUT2D eigenvalue weighted by atomic mass is 16.5. The van der Waals surface area contributed by atoms with Crippen LogP contribution in [0.1, 0.15) is 29.2 Å². The number of ether oxygens (including phenoxy) is 1. The van der Waals surface area contributed by atoms with Gasteiger partial charge in [-0.25, -0.2) is 9.78 Å². The summed E-state index contributed by atoms with van der Waals surface area (Å²) < 4.78 is 6.96. The molecular weight excluding hydrogens is 370 g/mol. The minimum atomic E-state index is -0.167. The molecule has 4 aromatic rings. The van der Waals surface area contributed by atoms with Gasteiger partial charge in [0.25, 0.3) is 5.91 Å². The Kier molecular flexibility index (Phi) is 4.12. The fourth-order valence-corrected chi connectivity index (χ4v) is 4.24. The number of methoxy groups -OCH3 is 1. The van der Waals surface area contributed by atoms with Gasteiger partial charge in [-0.05, 0) is 43.2 Å². The van der Waals surface area contributed by atoms with E-state index >= 15 is 0 Å². The van der Waals surface area contributed by atoms with Crippen LogP contribution in [0.2, 0.25) is 0 Å². The number of fused-ring (bicyclic) bond motifs is 3. The highest BCUT2D eigenvalue weighted by Gasteiger charge is 2.28. The van der Waals surface area contributed by atoms with Crippen molar-refractivity contribution in [3.05, 3.63) is 58.8 Å². The van der Waals surface area contributed by atoms with Gasteiger partial charge < -0.3 is 19.6 Å². The number of aromatic amines is 2. The van der Waals surface area contributed by atoms with Crippen molar-refractivity contribution in [1.82, 2.24) is 24.4 Å². The molecule has 148 valence electrons. The lowest BCUT2D eigenvalue weighted by molar-refractivity contribution is 0.0680. The van der Waals surface area contributed by atoms with E-state index in [0.29, 0.717) is 29.9 Å². The minimum Gasteiger partial charge on any atom is -0.497 e. The average Bonchev–Trinajstić information content (AvgIpc) is 3.36. The molecule has 4 heterocycles. The molecule has 5 rings (SSSR count). The van der Waals surface area contributed by atoms with E-state index in [2.05, 4.69) is 15.0 Å². The van der Waals surface area contributed by atoms with Crippen LogP contribution in [0.15, 0.2) is 47.5 Å². The first kappa shape index (κ1) is 17.5. The second-order valence-corrected chi connectivity index (χ2v) is 7.34. The monoisotopic (exact) mass is 391 g/mol. The largest absolute Gasteiger partial charge is 0.497 e. The molecule has 1 aliphatic heterocycles. The predicted octanol–water partition coefficient (Wildman–Crippen LogP) is 2.69. The summed E-state index contributed by atoms with van der Waals surface area (Å²) in [6.07, 6.45) is 5.18. The number of aromatic nitrogens is 4. The number of hydrogen-bond acceptors (Lipinski definition) is 4. The van der Waals surface area contributed by atoms with Gasteiger partial charge in [0.2, 0.25) is 0 Å². The lowest BCUT2D eigenvalue weighted by atomic mass is 10.0. The van der Waals surface area contributed by atoms with Crippen molar-refractivity contribution in [3.8, 4) is 5.75 Å². The first-order valence-electron chi connectivity index (χ1n) is 9.65. The SMILES string of the molecule is COc1ccc(C(=O)N2CCC[C@@H](n3c(=O)[nH]c4cnc5[nH]ccc5c43)C2)cc1. The van der Waals surface area contributed by atoms with Gasteiger partial charge in [-0.1, -0.05) is 0 Å². The van der Waals surface area contributed by atoms with E-state index in [0.717, 1.165) is 29.4 Å². The molecule has 1 atom stereocenters. The van der Waals surface area contributed by atoms with E-state index in [1.54, 1.807) is 42.1 Å². The third-order valence-electron chi connectivity index (χ3n) is 5.65. The van der Waals surface area contributed by atoms with Gasteiger partial charge in [0.1, 0.15) is 11.4 Å². The predicted molar refractivity (Wildman–Crippen MR) is 109 cm³/mol. The van der Waals surface area contributed by atoms with Crippen molar-refractivity contribution in [2.24, 2.45) is 0 Å². The number of nitrogens with zero attached hydrogens (tertiary/aromatic N) is 3. The third-order valence-corrected chi connectivity index (χ3v) is 5.65. The molecule has 2 N–H and O–H groups in total. The van der Waals surface area contributed by atoms with E-state index in [1.165, 1.54) is 0 Å². The lowest BCUT2D eigenvalue weighted by Crippen LogP contribution is -2.42. The second kappa shape index (κ2) is 6.80. The number of piperidine rings is 1. The molecule has 0 unspecified atom stereocenters. The molecule has 3 aromatic heterocycles. The molecular formula is C21H21N5O3. The van der Waals surface area contributed by atoms with E-state index < -0.39 is 0 Å². The van der Waals surface area contributed by atoms with Crippen LogP contribution in [-0.4, -0.2) is 50.5 Å². The van der Waals surface area contributed by atoms with Crippen LogP contribution in [0.3, 0.4) is 0 Å². The average molecular weight is 391 g/mol. The van der Waals surface area contributed by atoms with Crippen LogP contribution in [0.5, 0.6) is 5.75 Å². The number of carbonyl (C=O) groups excluding carboxylic acids is 1. The van der Waals surface area contributed by atoms with E-state index in [1.807, 2.05) is 17.2 Å². The number of benzene rings is 1. The number of H-pyrrole nitrogens is 2. The Balaban J connectivity index is 1.49. The number of likely N-dealkylation sites (tertiary alicyclic amines) is 1. The van der Waals surface area contributed by atoms with Crippen molar-refractivity contribution in [1.29, 1.82) is 0 Å². The minimum absolute atomic E-state index is 0.0290. The Morgan fingerprint density at radius 1 is 1.24 bits per heavy atom. The third kappa shape index (κ3) is 2.88. The van der Waals surface area contributed by atoms with Crippen LogP contribution in [0.4, 0.5) is 0 Å². The Labute approximate surface area is 166 Å². The molecule has 0 aliphatic carbocycles. The summed E-state index contributed by atoms with van der Waals surface area (Å²) in [5, 5.41) is 0.902. The molecule has 0 radical (unpaired) electrons. The summed E-state index contributed by atoms with van der Waals surface area (Å²) in [4.78, 5) is 38.0. The Morgan fingerprint density at radius 2 is 2.07 bits per heavy atom. The summed E-state index contributed by atoms with van der Waals surface area (Å²) in [5.74, 6) is 0.686. The number of carbonyl (C=O) groups is 1. The quantitative estimate of drug-likeness (QED) is 0.561. The summed E-state index contributed by atoms with van der Waals surface area (Å²) in [5.41, 5.74) is 2.74. The molecule has 8 nitrogen and oxygen atoms in total. The van der Waals surface area contributed by atoms with Gasteiger partial charge in [-0.3, -0.25) is 9.36 Å². The van der Waals surface area contributed by atoms with Gasteiger partial charge in [0, 0.05) is 30.2 Å². The topological polar surface area (TPSA) is 96.0 Å². The summed E-state index contributed by atoms with van der Waals surface area (Å²) in [6.45, 7) is 1.17. The first-order chi connectivity index (χ1) is 14.2. The second-order valence-electron chi connectivity index (χ2n) is 7.34. The van der Waals surface area contributed by atoms with Crippen molar-refractivity contribution >= 4 is 28.0 Å². The zero-order chi connectivity index (χ0) is 20.0. The normalized spacial score (nSPS) is 17.1. The standard InChI is InChI=1S/C21H21N5O3/c1-29-15-6-4-13(5-7-15)20(27)25-10-2-3-14(12-25)26-18-16-8-9-22-19(16)23-11-17(18)24-21(26)28/h4-9,11,14H,2-3,10,12H2,1H3,(H,22,23)(H,24,28)/t14-/m1/s1. The number of amides is 1. The fraction of sp³-hybridized carbons (Fsp3) is 0.286. The number of hydrogen-bond donors (Lipinski definition) is 2. The number of nitrogens with one attached hydrogen (secondary N) is 2. The maximum Gasteiger partial charge on any atom is 0.326 e. The Bertz CT molecular complexity index is 1250. The molecule has 0 spiro atoms. The molecule has 1 aliphatic rings. The maximum atomic E-state index is 13.0. The van der Waals surface area contributed by atoms with Gasteiger partial charge in [-0.2, -0.15) is 0 Å². The lowest BCUT2D eigenvalue weighted by Gasteiger charge is -2.33. The number of imidazole rings is 1. The highest BCUT2D eigenvalue weighted by Crippen LogP contribution is 2.28. The van der Waals surface area contributed by atoms with Gasteiger partial charge in [0.15, 0.2) is 0 Å². The zero-order valence-electron chi connectivity index (χ0n) is 16.0. The zero-order valence-corrected chi connectivity index (χ0v) is 16.0. The van der Waals surface area contributed by atoms with E-state index in [9.17, 15) is 9.59 Å². The van der Waals surface area contributed by atoms with Gasteiger partial charge >= 0.3 is 5.69 Å². The van der Waals surface area contributed by atoms with Gasteiger partial charge in [0.05, 0.1) is 30.4 Å². The van der Waals surface area contributed by atoms with Gasteiger partial charge in [-0.15, -0.1) is 0 Å². The highest BCUT2D eigenvalue weighted by molar-refractivity contribution is 6.01. The molecule has 0 saturated carbocycles. The van der Waals surface area contributed by atoms with Crippen LogP contribution < -0.4 is 10.4 Å². The Hall–Kier alpha value is -3.55. The van der Waals surface area contributed by atoms with Crippen molar-refractivity contribution in [2.75, 3.05) is 20.2 Å². The summed E-state index contributed by atoms with van der Waals surface area (Å²) in [6, 6.07) is 8.96. The van der Waals surface area contributed by atoms with Crippen LogP contribution in [0.25, 0.3) is 22.1 Å². The number of pyridine rings is 1. The molecule has 8 heteroatoms. The molecule has 1 aromatic carbocycles. The van der Waals surface area contributed by atoms with Crippen LogP contribution >= 0.6 is 0 Å². The van der Waals surface area contributed by atoms with Crippen LogP contribution in [0, 0.1) is 0 Å². The summed E-state index contributed by atoms with van der Waals surface area (Å²) >= 11 is 0. The maximum absolute atomic E-state index is 13.0. The molecule has 1 amide bonds. The summed E-state index contributed by atoms with van der Waals surface area (Å²) in [7, 11) is 1.60. The molecule has 1 fully saturated rings. The van der Waals surface area contributed by atoms with Crippen molar-refractivity contribution in [2.45, 2.75) is 18.9 Å². The molecule has 1 saturated heterocycles. The van der Waals surface area contributed by atoms with Crippen molar-refractivity contribution in [3.63, 3.8) is 0 Å². The molecule has 0 bridgehead atoms. The van der Waals surface area contributed by atoms with Crippen molar-refractivity contribution < 1.29 is 9.53 Å². The smallest absolute Gasteiger partial charge is 0.326 e. The Morgan fingerprint density at radius 3 is 2.86 bits per heavy atom. The number of rotatable bonds is 3. The fourth-order valence-electron chi connectivity index (χ4n) is 4.24. The van der Waals surface area contributed by atoms with Crippen LogP contribution in [-0.2, 0) is 0 Å². The molecule has 29 heavy (non-hydrogen) atoms. The van der Waals surface area contributed by atoms with E-state index in [4.69, 9.17) is 4.74 Å². The first-order valence-corrected chi connectivity index (χ1v) is 9.65. The van der Waals surface area contributed by atoms with E-state index in [-0.39, 0.29) is 17.6 Å².